The molecule has 0 atom stereocenters. The van der Waals surface area contributed by atoms with E-state index in [4.69, 9.17) is 51.1 Å². The van der Waals surface area contributed by atoms with E-state index in [0.717, 1.165) is 0 Å². The number of halogens is 4. The molecule has 0 unspecified atom stereocenters. The molecule has 9 heteroatoms. The smallest absolute Gasteiger partial charge is 0.310 e. The minimum atomic E-state index is -0.606. The molecule has 2 rings (SSSR count). The van der Waals surface area contributed by atoms with E-state index in [1.165, 1.54) is 12.3 Å². The first-order valence-electron chi connectivity index (χ1n) is 6.98. The predicted octanol–water partition coefficient (Wildman–Crippen LogP) is 4.73. The van der Waals surface area contributed by atoms with E-state index >= 15 is 0 Å². The summed E-state index contributed by atoms with van der Waals surface area (Å²) in [5.74, 6) is -1.04. The summed E-state index contributed by atoms with van der Waals surface area (Å²) >= 11 is 23.7. The standard InChI is InChI=1S/C16H12Cl4N2O3/c1-8-12(19)6-21-16(15(8)20)22-13(23)7-25-14(24)4-9-2-3-10(17)5-11(9)18/h2-3,5-6H,4,7H2,1H3,(H,21,22,23). The molecule has 0 spiro atoms. The molecule has 0 saturated carbocycles. The van der Waals surface area contributed by atoms with E-state index in [2.05, 4.69) is 10.3 Å². The van der Waals surface area contributed by atoms with Crippen LogP contribution in [0.1, 0.15) is 11.1 Å². The van der Waals surface area contributed by atoms with Crippen LogP contribution in [0.5, 0.6) is 0 Å². The van der Waals surface area contributed by atoms with Crippen LogP contribution < -0.4 is 5.32 Å². The highest BCUT2D eigenvalue weighted by molar-refractivity contribution is 6.37. The van der Waals surface area contributed by atoms with Gasteiger partial charge in [-0.2, -0.15) is 0 Å². The topological polar surface area (TPSA) is 68.3 Å². The van der Waals surface area contributed by atoms with Gasteiger partial charge in [-0.1, -0.05) is 52.5 Å². The van der Waals surface area contributed by atoms with Gasteiger partial charge in [0.2, 0.25) is 0 Å². The Morgan fingerprint density at radius 1 is 1.16 bits per heavy atom. The number of ether oxygens (including phenoxy) is 1. The minimum Gasteiger partial charge on any atom is -0.455 e. The van der Waals surface area contributed by atoms with Crippen LogP contribution in [0.25, 0.3) is 0 Å². The van der Waals surface area contributed by atoms with Crippen LogP contribution in [0.2, 0.25) is 20.1 Å². The molecule has 0 fully saturated rings. The van der Waals surface area contributed by atoms with Crippen molar-refractivity contribution in [3.8, 4) is 0 Å². The van der Waals surface area contributed by atoms with Crippen LogP contribution in [0.4, 0.5) is 5.82 Å². The Balaban J connectivity index is 1.89. The van der Waals surface area contributed by atoms with Crippen molar-refractivity contribution in [3.05, 3.63) is 55.6 Å². The maximum absolute atomic E-state index is 11.9. The molecule has 0 aliphatic rings. The molecule has 1 amide bonds. The molecular formula is C16H12Cl4N2O3. The zero-order valence-electron chi connectivity index (χ0n) is 12.9. The largest absolute Gasteiger partial charge is 0.455 e. The molecule has 0 saturated heterocycles. The van der Waals surface area contributed by atoms with E-state index in [-0.39, 0.29) is 17.3 Å². The number of anilines is 1. The van der Waals surface area contributed by atoms with Crippen LogP contribution in [0.15, 0.2) is 24.4 Å². The van der Waals surface area contributed by atoms with Crippen molar-refractivity contribution in [2.24, 2.45) is 0 Å². The fourth-order valence-electron chi connectivity index (χ4n) is 1.83. The van der Waals surface area contributed by atoms with Gasteiger partial charge in [0.25, 0.3) is 5.91 Å². The number of benzene rings is 1. The van der Waals surface area contributed by atoms with Gasteiger partial charge < -0.3 is 10.1 Å². The van der Waals surface area contributed by atoms with E-state index in [9.17, 15) is 9.59 Å². The summed E-state index contributed by atoms with van der Waals surface area (Å²) in [4.78, 5) is 27.6. The summed E-state index contributed by atoms with van der Waals surface area (Å²) in [6.07, 6.45) is 1.29. The number of hydrogen-bond acceptors (Lipinski definition) is 4. The van der Waals surface area contributed by atoms with Crippen LogP contribution in [0.3, 0.4) is 0 Å². The lowest BCUT2D eigenvalue weighted by Crippen LogP contribution is -2.22. The van der Waals surface area contributed by atoms with Crippen LogP contribution in [-0.4, -0.2) is 23.5 Å². The average Bonchev–Trinajstić information content (AvgIpc) is 2.56. The van der Waals surface area contributed by atoms with Gasteiger partial charge in [-0.05, 0) is 30.2 Å². The number of nitrogens with one attached hydrogen (secondary N) is 1. The number of rotatable bonds is 5. The summed E-state index contributed by atoms with van der Waals surface area (Å²) in [5.41, 5.74) is 1.14. The molecule has 25 heavy (non-hydrogen) atoms. The van der Waals surface area contributed by atoms with Crippen molar-refractivity contribution in [2.75, 3.05) is 11.9 Å². The second kappa shape index (κ2) is 8.72. The highest BCUT2D eigenvalue weighted by Gasteiger charge is 2.14. The molecule has 1 aromatic heterocycles. The van der Waals surface area contributed by atoms with Crippen LogP contribution >= 0.6 is 46.4 Å². The Morgan fingerprint density at radius 2 is 1.88 bits per heavy atom. The zero-order chi connectivity index (χ0) is 18.6. The van der Waals surface area contributed by atoms with Crippen molar-refractivity contribution in [1.29, 1.82) is 0 Å². The first-order valence-corrected chi connectivity index (χ1v) is 8.49. The Bertz CT molecular complexity index is 827. The van der Waals surface area contributed by atoms with Gasteiger partial charge in [0, 0.05) is 16.2 Å². The summed E-state index contributed by atoms with van der Waals surface area (Å²) in [6, 6.07) is 4.75. The van der Waals surface area contributed by atoms with Gasteiger partial charge in [-0.15, -0.1) is 0 Å². The van der Waals surface area contributed by atoms with Gasteiger partial charge >= 0.3 is 5.97 Å². The first-order chi connectivity index (χ1) is 11.8. The monoisotopic (exact) mass is 420 g/mol. The molecule has 0 aliphatic heterocycles. The number of esters is 1. The van der Waals surface area contributed by atoms with Crippen molar-refractivity contribution < 1.29 is 14.3 Å². The third kappa shape index (κ3) is 5.47. The second-order valence-corrected chi connectivity index (χ2v) is 6.64. The van der Waals surface area contributed by atoms with Gasteiger partial charge in [0.15, 0.2) is 12.4 Å². The molecule has 0 aliphatic carbocycles. The Kier molecular flexibility index (Phi) is 6.90. The van der Waals surface area contributed by atoms with Crippen LogP contribution in [0, 0.1) is 6.92 Å². The number of amides is 1. The predicted molar refractivity (Wildman–Crippen MR) is 98.7 cm³/mol. The maximum Gasteiger partial charge on any atom is 0.310 e. The normalized spacial score (nSPS) is 10.4. The number of aromatic nitrogens is 1. The molecule has 132 valence electrons. The summed E-state index contributed by atoms with van der Waals surface area (Å²) < 4.78 is 4.92. The number of nitrogens with zero attached hydrogens (tertiary/aromatic N) is 1. The summed E-state index contributed by atoms with van der Waals surface area (Å²) in [7, 11) is 0. The Labute approximate surface area is 164 Å². The number of hydrogen-bond donors (Lipinski definition) is 1. The van der Waals surface area contributed by atoms with Crippen molar-refractivity contribution in [3.63, 3.8) is 0 Å². The van der Waals surface area contributed by atoms with Gasteiger partial charge in [-0.3, -0.25) is 9.59 Å². The highest BCUT2D eigenvalue weighted by atomic mass is 35.5. The van der Waals surface area contributed by atoms with E-state index in [1.807, 2.05) is 0 Å². The van der Waals surface area contributed by atoms with Crippen molar-refractivity contribution in [1.82, 2.24) is 4.98 Å². The minimum absolute atomic E-state index is 0.0810. The average molecular weight is 422 g/mol. The maximum atomic E-state index is 11.9. The lowest BCUT2D eigenvalue weighted by Gasteiger charge is -2.10. The fourth-order valence-corrected chi connectivity index (χ4v) is 2.69. The molecular weight excluding hydrogens is 410 g/mol. The van der Waals surface area contributed by atoms with E-state index in [0.29, 0.717) is 26.2 Å². The molecule has 0 bridgehead atoms. The molecule has 1 heterocycles. The quantitative estimate of drug-likeness (QED) is 0.708. The van der Waals surface area contributed by atoms with Gasteiger partial charge in [0.1, 0.15) is 0 Å². The van der Waals surface area contributed by atoms with Crippen molar-refractivity contribution in [2.45, 2.75) is 13.3 Å². The summed E-state index contributed by atoms with van der Waals surface area (Å²) in [5, 5.41) is 3.87. The summed E-state index contributed by atoms with van der Waals surface area (Å²) in [6.45, 7) is 1.21. The van der Waals surface area contributed by atoms with Gasteiger partial charge in [-0.25, -0.2) is 4.98 Å². The molecule has 5 nitrogen and oxygen atoms in total. The third-order valence-electron chi connectivity index (χ3n) is 3.17. The van der Waals surface area contributed by atoms with E-state index in [1.54, 1.807) is 19.1 Å². The lowest BCUT2D eigenvalue weighted by molar-refractivity contribution is -0.146. The molecule has 0 radical (unpaired) electrons. The number of carbonyl (C=O) groups is 2. The number of carbonyl (C=O) groups excluding carboxylic acids is 2. The van der Waals surface area contributed by atoms with E-state index < -0.39 is 18.5 Å². The third-order valence-corrected chi connectivity index (χ3v) is 4.60. The molecule has 1 N–H and O–H groups in total. The number of pyridine rings is 1. The van der Waals surface area contributed by atoms with Crippen LogP contribution in [-0.2, 0) is 20.7 Å². The Hall–Kier alpha value is -1.53. The first kappa shape index (κ1) is 19.8. The van der Waals surface area contributed by atoms with Gasteiger partial charge in [0.05, 0.1) is 16.5 Å². The zero-order valence-corrected chi connectivity index (χ0v) is 15.9. The SMILES string of the molecule is Cc1c(Cl)cnc(NC(=O)COC(=O)Cc2ccc(Cl)cc2Cl)c1Cl. The van der Waals surface area contributed by atoms with Crippen molar-refractivity contribution >= 4 is 64.1 Å². The molecule has 2 aromatic rings. The second-order valence-electron chi connectivity index (χ2n) is 5.02. The Morgan fingerprint density at radius 3 is 2.56 bits per heavy atom. The lowest BCUT2D eigenvalue weighted by atomic mass is 10.1. The highest BCUT2D eigenvalue weighted by Crippen LogP contribution is 2.28. The molecule has 1 aromatic carbocycles. The fraction of sp³-hybridized carbons (Fsp3) is 0.188.